The average molecular weight is 280 g/mol. The normalized spacial score (nSPS) is 24.4. The monoisotopic (exact) mass is 280 g/mol. The fourth-order valence-electron chi connectivity index (χ4n) is 3.80. The van der Waals surface area contributed by atoms with E-state index in [9.17, 15) is 4.79 Å². The second-order valence-corrected chi connectivity index (χ2v) is 7.22. The molecule has 0 aromatic heterocycles. The van der Waals surface area contributed by atoms with Crippen molar-refractivity contribution in [1.29, 1.82) is 0 Å². The Balaban J connectivity index is 1.65. The maximum Gasteiger partial charge on any atom is 0.130 e. The lowest BCUT2D eigenvalue weighted by molar-refractivity contribution is -0.118. The molecule has 0 spiro atoms. The molecule has 0 saturated carbocycles. The van der Waals surface area contributed by atoms with Crippen LogP contribution < -0.4 is 0 Å². The van der Waals surface area contributed by atoms with E-state index in [0.717, 1.165) is 12.3 Å². The van der Waals surface area contributed by atoms with Crippen LogP contribution in [0.3, 0.4) is 0 Å². The quantitative estimate of drug-likeness (QED) is 0.773. The largest absolute Gasteiger partial charge is 0.303 e. The van der Waals surface area contributed by atoms with Gasteiger partial charge in [0.25, 0.3) is 0 Å². The Kier molecular flexibility index (Phi) is 6.03. The number of likely N-dealkylation sites (tertiary alicyclic amines) is 2. The molecule has 2 rings (SSSR count). The molecule has 0 N–H and O–H groups in total. The van der Waals surface area contributed by atoms with Gasteiger partial charge in [0.05, 0.1) is 0 Å². The third-order valence-electron chi connectivity index (χ3n) is 5.18. The standard InChI is InChI=1S/C17H32N2O/c1-14(2)19-10-6-17(7-11-19)13-18-8-4-16(5-9-18)12-15(3)20/h14,16-17H,4-13H2,1-3H3. The molecule has 2 fully saturated rings. The summed E-state index contributed by atoms with van der Waals surface area (Å²) in [4.78, 5) is 16.4. The summed E-state index contributed by atoms with van der Waals surface area (Å²) in [6.45, 7) is 12.6. The van der Waals surface area contributed by atoms with E-state index >= 15 is 0 Å². The lowest BCUT2D eigenvalue weighted by Crippen LogP contribution is -2.43. The highest BCUT2D eigenvalue weighted by Gasteiger charge is 2.25. The van der Waals surface area contributed by atoms with Gasteiger partial charge < -0.3 is 14.6 Å². The Hall–Kier alpha value is -0.410. The number of hydrogen-bond acceptors (Lipinski definition) is 3. The highest BCUT2D eigenvalue weighted by atomic mass is 16.1. The molecule has 2 aliphatic heterocycles. The third-order valence-corrected chi connectivity index (χ3v) is 5.18. The number of piperidine rings is 2. The van der Waals surface area contributed by atoms with Crippen molar-refractivity contribution in [3.05, 3.63) is 0 Å². The van der Waals surface area contributed by atoms with E-state index in [1.807, 2.05) is 0 Å². The van der Waals surface area contributed by atoms with Gasteiger partial charge in [-0.3, -0.25) is 0 Å². The highest BCUT2D eigenvalue weighted by molar-refractivity contribution is 5.75. The molecule has 2 heterocycles. The van der Waals surface area contributed by atoms with Crippen LogP contribution >= 0.6 is 0 Å². The molecule has 0 aromatic rings. The number of Topliss-reactive ketones (excluding diaryl/α,β-unsaturated/α-hetero) is 1. The summed E-state index contributed by atoms with van der Waals surface area (Å²) in [5.74, 6) is 1.92. The van der Waals surface area contributed by atoms with Crippen LogP contribution in [0.15, 0.2) is 0 Å². The zero-order valence-electron chi connectivity index (χ0n) is 13.6. The van der Waals surface area contributed by atoms with Crippen molar-refractivity contribution in [1.82, 2.24) is 9.80 Å². The minimum atomic E-state index is 0.365. The fraction of sp³-hybridized carbons (Fsp3) is 0.941. The minimum absolute atomic E-state index is 0.365. The summed E-state index contributed by atoms with van der Waals surface area (Å²) < 4.78 is 0. The molecule has 0 unspecified atom stereocenters. The van der Waals surface area contributed by atoms with Crippen LogP contribution in [0.5, 0.6) is 0 Å². The maximum absolute atomic E-state index is 11.2. The van der Waals surface area contributed by atoms with E-state index in [2.05, 4.69) is 23.6 Å². The lowest BCUT2D eigenvalue weighted by atomic mass is 9.90. The van der Waals surface area contributed by atoms with Crippen molar-refractivity contribution >= 4 is 5.78 Å². The Bertz CT molecular complexity index is 300. The van der Waals surface area contributed by atoms with E-state index in [1.165, 1.54) is 58.4 Å². The number of nitrogens with zero attached hydrogens (tertiary/aromatic N) is 2. The maximum atomic E-state index is 11.2. The molecule has 20 heavy (non-hydrogen) atoms. The van der Waals surface area contributed by atoms with E-state index in [0.29, 0.717) is 17.7 Å². The predicted octanol–water partition coefficient (Wildman–Crippen LogP) is 2.80. The summed E-state index contributed by atoms with van der Waals surface area (Å²) in [7, 11) is 0. The van der Waals surface area contributed by atoms with Crippen molar-refractivity contribution in [2.45, 2.75) is 58.9 Å². The number of carbonyl (C=O) groups excluding carboxylic acids is 1. The molecular weight excluding hydrogens is 248 g/mol. The SMILES string of the molecule is CC(=O)CC1CCN(CC2CCN(C(C)C)CC2)CC1. The summed E-state index contributed by atoms with van der Waals surface area (Å²) in [5.41, 5.74) is 0. The van der Waals surface area contributed by atoms with Gasteiger partial charge in [-0.25, -0.2) is 0 Å². The topological polar surface area (TPSA) is 23.6 Å². The molecule has 2 aliphatic rings. The molecule has 3 nitrogen and oxygen atoms in total. The van der Waals surface area contributed by atoms with Gasteiger partial charge in [-0.2, -0.15) is 0 Å². The molecule has 0 amide bonds. The smallest absolute Gasteiger partial charge is 0.130 e. The van der Waals surface area contributed by atoms with Crippen LogP contribution in [0.2, 0.25) is 0 Å². The molecular formula is C17H32N2O. The van der Waals surface area contributed by atoms with Gasteiger partial charge in [0.15, 0.2) is 0 Å². The van der Waals surface area contributed by atoms with Crippen LogP contribution in [0.25, 0.3) is 0 Å². The molecule has 2 saturated heterocycles. The number of carbonyl (C=O) groups is 1. The van der Waals surface area contributed by atoms with Crippen molar-refractivity contribution in [2.24, 2.45) is 11.8 Å². The van der Waals surface area contributed by atoms with Crippen LogP contribution in [0.4, 0.5) is 0 Å². The van der Waals surface area contributed by atoms with Gasteiger partial charge in [0, 0.05) is 19.0 Å². The lowest BCUT2D eigenvalue weighted by Gasteiger charge is -2.38. The van der Waals surface area contributed by atoms with Gasteiger partial charge >= 0.3 is 0 Å². The van der Waals surface area contributed by atoms with E-state index < -0.39 is 0 Å². The van der Waals surface area contributed by atoms with E-state index in [4.69, 9.17) is 0 Å². The number of hydrogen-bond donors (Lipinski definition) is 0. The Morgan fingerprint density at radius 3 is 2.05 bits per heavy atom. The first kappa shape index (κ1) is 16.0. The molecule has 0 radical (unpaired) electrons. The molecule has 0 aliphatic carbocycles. The molecule has 3 heteroatoms. The van der Waals surface area contributed by atoms with Crippen molar-refractivity contribution in [3.63, 3.8) is 0 Å². The van der Waals surface area contributed by atoms with Crippen LogP contribution in [-0.2, 0) is 4.79 Å². The van der Waals surface area contributed by atoms with E-state index in [1.54, 1.807) is 6.92 Å². The fourth-order valence-corrected chi connectivity index (χ4v) is 3.80. The Morgan fingerprint density at radius 1 is 1.00 bits per heavy atom. The van der Waals surface area contributed by atoms with Crippen LogP contribution in [0, 0.1) is 11.8 Å². The predicted molar refractivity (Wildman–Crippen MR) is 83.9 cm³/mol. The first-order valence-electron chi connectivity index (χ1n) is 8.50. The average Bonchev–Trinajstić information content (AvgIpc) is 2.41. The minimum Gasteiger partial charge on any atom is -0.303 e. The molecule has 116 valence electrons. The third kappa shape index (κ3) is 4.85. The second kappa shape index (κ2) is 7.56. The van der Waals surface area contributed by atoms with Crippen molar-refractivity contribution in [3.8, 4) is 0 Å². The first-order valence-corrected chi connectivity index (χ1v) is 8.50. The molecule has 0 bridgehead atoms. The second-order valence-electron chi connectivity index (χ2n) is 7.22. The van der Waals surface area contributed by atoms with Gasteiger partial charge in [0.2, 0.25) is 0 Å². The van der Waals surface area contributed by atoms with Crippen molar-refractivity contribution in [2.75, 3.05) is 32.7 Å². The Morgan fingerprint density at radius 2 is 1.55 bits per heavy atom. The van der Waals surface area contributed by atoms with Crippen LogP contribution in [-0.4, -0.2) is 54.3 Å². The van der Waals surface area contributed by atoms with Gasteiger partial charge in [-0.05, 0) is 84.5 Å². The number of ketones is 1. The van der Waals surface area contributed by atoms with Gasteiger partial charge in [-0.1, -0.05) is 0 Å². The Labute approximate surface area is 124 Å². The highest BCUT2D eigenvalue weighted by Crippen LogP contribution is 2.24. The van der Waals surface area contributed by atoms with Gasteiger partial charge in [-0.15, -0.1) is 0 Å². The first-order chi connectivity index (χ1) is 9.54. The van der Waals surface area contributed by atoms with Crippen molar-refractivity contribution < 1.29 is 4.79 Å². The summed E-state index contributed by atoms with van der Waals surface area (Å²) in [6, 6.07) is 0.707. The van der Waals surface area contributed by atoms with Crippen LogP contribution in [0.1, 0.15) is 52.9 Å². The molecule has 0 aromatic carbocycles. The summed E-state index contributed by atoms with van der Waals surface area (Å²) >= 11 is 0. The zero-order valence-corrected chi connectivity index (χ0v) is 13.6. The number of rotatable bonds is 5. The van der Waals surface area contributed by atoms with Gasteiger partial charge in [0.1, 0.15) is 5.78 Å². The van der Waals surface area contributed by atoms with E-state index in [-0.39, 0.29) is 0 Å². The zero-order chi connectivity index (χ0) is 14.5. The molecule has 0 atom stereocenters. The summed E-state index contributed by atoms with van der Waals surface area (Å²) in [5, 5.41) is 0. The summed E-state index contributed by atoms with van der Waals surface area (Å²) in [6.07, 6.45) is 5.99.